The van der Waals surface area contributed by atoms with Crippen LogP contribution in [-0.2, 0) is 6.54 Å². The first-order chi connectivity index (χ1) is 9.40. The van der Waals surface area contributed by atoms with E-state index in [1.165, 1.54) is 16.2 Å². The normalized spacial score (nSPS) is 10.6. The Morgan fingerprint density at radius 2 is 1.80 bits per heavy atom. The van der Waals surface area contributed by atoms with E-state index in [0.29, 0.717) is 6.54 Å². The highest BCUT2D eigenvalue weighted by Gasteiger charge is 2.12. The van der Waals surface area contributed by atoms with Crippen molar-refractivity contribution in [3.05, 3.63) is 68.6 Å². The molecular weight excluding hydrogens is 254 g/mol. The molecule has 1 aromatic carbocycles. The van der Waals surface area contributed by atoms with Crippen LogP contribution in [0.3, 0.4) is 0 Å². The fourth-order valence-corrected chi connectivity index (χ4v) is 2.45. The number of pyridine rings is 1. The Morgan fingerprint density at radius 3 is 2.35 bits per heavy atom. The quantitative estimate of drug-likeness (QED) is 0.933. The lowest BCUT2D eigenvalue weighted by Crippen LogP contribution is -2.26. The van der Waals surface area contributed by atoms with Gasteiger partial charge >= 0.3 is 5.97 Å². The van der Waals surface area contributed by atoms with E-state index in [-0.39, 0.29) is 5.56 Å². The number of hydrogen-bond donors (Lipinski definition) is 1. The molecule has 0 atom stereocenters. The van der Waals surface area contributed by atoms with Crippen LogP contribution in [0.4, 0.5) is 0 Å². The summed E-state index contributed by atoms with van der Waals surface area (Å²) >= 11 is 0. The zero-order valence-electron chi connectivity index (χ0n) is 11.8. The molecule has 0 radical (unpaired) electrons. The molecule has 1 heterocycles. The van der Waals surface area contributed by atoms with Crippen LogP contribution in [-0.4, -0.2) is 15.6 Å². The monoisotopic (exact) mass is 271 g/mol. The van der Waals surface area contributed by atoms with Gasteiger partial charge in [-0.25, -0.2) is 4.79 Å². The predicted molar refractivity (Wildman–Crippen MR) is 77.4 cm³/mol. The van der Waals surface area contributed by atoms with E-state index in [1.807, 2.05) is 20.8 Å². The van der Waals surface area contributed by atoms with Crippen molar-refractivity contribution in [2.45, 2.75) is 27.3 Å². The number of carbonyl (C=O) groups is 1. The van der Waals surface area contributed by atoms with Gasteiger partial charge in [-0.3, -0.25) is 4.79 Å². The highest BCUT2D eigenvalue weighted by Crippen LogP contribution is 2.17. The van der Waals surface area contributed by atoms with Crippen molar-refractivity contribution >= 4 is 5.97 Å². The number of carboxylic acid groups (broad SMARTS) is 1. The third-order valence-electron chi connectivity index (χ3n) is 3.42. The molecule has 0 amide bonds. The first kappa shape index (κ1) is 14.1. The number of hydrogen-bond acceptors (Lipinski definition) is 2. The first-order valence-corrected chi connectivity index (χ1v) is 6.39. The molecule has 0 unspecified atom stereocenters. The zero-order chi connectivity index (χ0) is 14.9. The van der Waals surface area contributed by atoms with E-state index in [0.717, 1.165) is 16.7 Å². The molecule has 1 aromatic heterocycles. The van der Waals surface area contributed by atoms with Crippen molar-refractivity contribution in [1.29, 1.82) is 0 Å². The fourth-order valence-electron chi connectivity index (χ4n) is 2.45. The second kappa shape index (κ2) is 5.33. The largest absolute Gasteiger partial charge is 0.477 e. The minimum Gasteiger partial charge on any atom is -0.477 e. The molecule has 104 valence electrons. The van der Waals surface area contributed by atoms with Crippen molar-refractivity contribution in [2.75, 3.05) is 0 Å². The second-order valence-corrected chi connectivity index (χ2v) is 5.04. The number of rotatable bonds is 3. The highest BCUT2D eigenvalue weighted by atomic mass is 16.4. The Balaban J connectivity index is 2.49. The average Bonchev–Trinajstić information content (AvgIpc) is 2.35. The molecule has 4 heteroatoms. The van der Waals surface area contributed by atoms with E-state index < -0.39 is 11.5 Å². The van der Waals surface area contributed by atoms with Gasteiger partial charge < -0.3 is 9.67 Å². The smallest absolute Gasteiger partial charge is 0.341 e. The molecule has 0 saturated carbocycles. The molecule has 0 bridgehead atoms. The summed E-state index contributed by atoms with van der Waals surface area (Å²) in [6.45, 7) is 6.42. The lowest BCUT2D eigenvalue weighted by molar-refractivity contribution is 0.0694. The van der Waals surface area contributed by atoms with Gasteiger partial charge in [0, 0.05) is 6.20 Å². The maximum absolute atomic E-state index is 12.1. The number of aromatic carboxylic acids is 1. The van der Waals surface area contributed by atoms with Crippen LogP contribution in [0, 0.1) is 20.8 Å². The number of aromatic nitrogens is 1. The summed E-state index contributed by atoms with van der Waals surface area (Å²) in [5.74, 6) is -1.19. The van der Waals surface area contributed by atoms with Gasteiger partial charge in [0.25, 0.3) is 5.56 Å². The zero-order valence-corrected chi connectivity index (χ0v) is 11.8. The maximum Gasteiger partial charge on any atom is 0.341 e. The van der Waals surface area contributed by atoms with Crippen LogP contribution in [0.25, 0.3) is 0 Å². The van der Waals surface area contributed by atoms with Gasteiger partial charge in [-0.05, 0) is 49.6 Å². The molecule has 0 aliphatic carbocycles. The molecule has 0 aliphatic heterocycles. The molecule has 2 rings (SSSR count). The van der Waals surface area contributed by atoms with Gasteiger partial charge in [-0.2, -0.15) is 0 Å². The number of benzene rings is 1. The van der Waals surface area contributed by atoms with Gasteiger partial charge in [0.05, 0.1) is 6.54 Å². The Morgan fingerprint density at radius 1 is 1.20 bits per heavy atom. The Hall–Kier alpha value is -2.36. The summed E-state index contributed by atoms with van der Waals surface area (Å²) in [7, 11) is 0. The van der Waals surface area contributed by atoms with Crippen LogP contribution in [0.15, 0.2) is 35.3 Å². The molecule has 0 fully saturated rings. The van der Waals surface area contributed by atoms with Crippen LogP contribution >= 0.6 is 0 Å². The lowest BCUT2D eigenvalue weighted by atomic mass is 10.00. The molecular formula is C16H17NO3. The molecule has 20 heavy (non-hydrogen) atoms. The van der Waals surface area contributed by atoms with Gasteiger partial charge in [0.1, 0.15) is 5.56 Å². The first-order valence-electron chi connectivity index (χ1n) is 6.39. The third kappa shape index (κ3) is 2.64. The molecule has 0 spiro atoms. The summed E-state index contributed by atoms with van der Waals surface area (Å²) in [6, 6.07) is 7.04. The Bertz CT molecular complexity index is 706. The summed E-state index contributed by atoms with van der Waals surface area (Å²) in [5.41, 5.74) is 3.77. The van der Waals surface area contributed by atoms with E-state index in [4.69, 9.17) is 5.11 Å². The lowest BCUT2D eigenvalue weighted by Gasteiger charge is -2.13. The predicted octanol–water partition coefficient (Wildman–Crippen LogP) is 2.52. The fraction of sp³-hybridized carbons (Fsp3) is 0.250. The Kier molecular flexibility index (Phi) is 3.74. The maximum atomic E-state index is 12.1. The van der Waals surface area contributed by atoms with Crippen molar-refractivity contribution < 1.29 is 9.90 Å². The SMILES string of the molecule is Cc1cc(C)c(Cn2cccc(C(=O)O)c2=O)c(C)c1. The molecule has 0 aliphatic rings. The van der Waals surface area contributed by atoms with E-state index in [9.17, 15) is 9.59 Å². The average molecular weight is 271 g/mol. The minimum atomic E-state index is -1.19. The van der Waals surface area contributed by atoms with Crippen molar-refractivity contribution in [2.24, 2.45) is 0 Å². The number of carboxylic acids is 1. The van der Waals surface area contributed by atoms with Gasteiger partial charge in [0.15, 0.2) is 0 Å². The van der Waals surface area contributed by atoms with Crippen molar-refractivity contribution in [3.63, 3.8) is 0 Å². The van der Waals surface area contributed by atoms with Gasteiger partial charge in [0.2, 0.25) is 0 Å². The second-order valence-electron chi connectivity index (χ2n) is 5.04. The van der Waals surface area contributed by atoms with Gasteiger partial charge in [-0.15, -0.1) is 0 Å². The van der Waals surface area contributed by atoms with Crippen LogP contribution < -0.4 is 5.56 Å². The minimum absolute atomic E-state index is 0.199. The van der Waals surface area contributed by atoms with Crippen molar-refractivity contribution in [1.82, 2.24) is 4.57 Å². The summed E-state index contributed by atoms with van der Waals surface area (Å²) in [5, 5.41) is 8.99. The van der Waals surface area contributed by atoms with E-state index in [1.54, 1.807) is 12.3 Å². The van der Waals surface area contributed by atoms with Gasteiger partial charge in [-0.1, -0.05) is 17.7 Å². The summed E-state index contributed by atoms with van der Waals surface area (Å²) < 4.78 is 1.44. The van der Waals surface area contributed by atoms with Crippen LogP contribution in [0.5, 0.6) is 0 Å². The molecule has 4 nitrogen and oxygen atoms in total. The highest BCUT2D eigenvalue weighted by molar-refractivity contribution is 5.86. The van der Waals surface area contributed by atoms with Crippen LogP contribution in [0.2, 0.25) is 0 Å². The summed E-state index contributed by atoms with van der Waals surface area (Å²) in [6.07, 6.45) is 1.62. The Labute approximate surface area is 117 Å². The number of aryl methyl sites for hydroxylation is 3. The van der Waals surface area contributed by atoms with E-state index in [2.05, 4.69) is 12.1 Å². The third-order valence-corrected chi connectivity index (χ3v) is 3.42. The number of nitrogens with zero attached hydrogens (tertiary/aromatic N) is 1. The van der Waals surface area contributed by atoms with E-state index >= 15 is 0 Å². The molecule has 0 saturated heterocycles. The topological polar surface area (TPSA) is 59.3 Å². The van der Waals surface area contributed by atoms with Crippen molar-refractivity contribution in [3.8, 4) is 0 Å². The standard InChI is InChI=1S/C16H17NO3/c1-10-7-11(2)14(12(3)8-10)9-17-6-4-5-13(15(17)18)16(19)20/h4-8H,9H2,1-3H3,(H,19,20). The van der Waals surface area contributed by atoms with Crippen LogP contribution in [0.1, 0.15) is 32.6 Å². The molecule has 1 N–H and O–H groups in total. The molecule has 2 aromatic rings. The summed E-state index contributed by atoms with van der Waals surface area (Å²) in [4.78, 5) is 23.1.